The van der Waals surface area contributed by atoms with Gasteiger partial charge in [-0.1, -0.05) is 58.8 Å². The standard InChI is InChI=1S/C19H36O5/c1-4-6-8-10-12-16(20)14-19(22)24-17(15-18(21)23-3)13-11-9-7-5-2/h16-17,20H,4-15H2,1-3H3/t16-,17-/m0/s1. The molecule has 142 valence electrons. The van der Waals surface area contributed by atoms with Crippen molar-refractivity contribution in [2.45, 2.75) is 103 Å². The molecule has 5 nitrogen and oxygen atoms in total. The first kappa shape index (κ1) is 22.9. The second kappa shape index (κ2) is 15.4. The van der Waals surface area contributed by atoms with E-state index in [1.165, 1.54) is 7.11 Å². The molecule has 24 heavy (non-hydrogen) atoms. The molecule has 0 radical (unpaired) electrons. The van der Waals surface area contributed by atoms with Crippen molar-refractivity contribution in [3.05, 3.63) is 0 Å². The summed E-state index contributed by atoms with van der Waals surface area (Å²) in [6, 6.07) is 0. The molecule has 0 saturated heterocycles. The van der Waals surface area contributed by atoms with Crippen LogP contribution in [0.1, 0.15) is 90.9 Å². The Kier molecular flexibility index (Phi) is 14.7. The minimum atomic E-state index is -0.659. The SMILES string of the molecule is CCCCCC[C@H](O)CC(=O)O[C@@H](CCCCCC)CC(=O)OC. The smallest absolute Gasteiger partial charge is 0.309 e. The summed E-state index contributed by atoms with van der Waals surface area (Å²) in [7, 11) is 1.33. The fraction of sp³-hybridized carbons (Fsp3) is 0.895. The van der Waals surface area contributed by atoms with Crippen LogP contribution in [0.4, 0.5) is 0 Å². The Labute approximate surface area is 147 Å². The molecule has 0 aromatic rings. The Hall–Kier alpha value is -1.10. The molecule has 0 fully saturated rings. The summed E-state index contributed by atoms with van der Waals surface area (Å²) in [6.45, 7) is 4.27. The van der Waals surface area contributed by atoms with Crippen molar-refractivity contribution in [3.63, 3.8) is 0 Å². The highest BCUT2D eigenvalue weighted by Crippen LogP contribution is 2.15. The van der Waals surface area contributed by atoms with E-state index in [1.54, 1.807) is 0 Å². The van der Waals surface area contributed by atoms with E-state index in [9.17, 15) is 14.7 Å². The lowest BCUT2D eigenvalue weighted by Gasteiger charge is -2.18. The van der Waals surface area contributed by atoms with E-state index in [-0.39, 0.29) is 18.8 Å². The highest BCUT2D eigenvalue weighted by molar-refractivity contribution is 5.72. The van der Waals surface area contributed by atoms with Crippen molar-refractivity contribution in [1.29, 1.82) is 0 Å². The molecule has 2 atom stereocenters. The van der Waals surface area contributed by atoms with E-state index in [0.717, 1.165) is 51.4 Å². The summed E-state index contributed by atoms with van der Waals surface area (Å²) >= 11 is 0. The van der Waals surface area contributed by atoms with Crippen LogP contribution < -0.4 is 0 Å². The van der Waals surface area contributed by atoms with Crippen molar-refractivity contribution in [2.75, 3.05) is 7.11 Å². The maximum absolute atomic E-state index is 12.0. The number of hydrogen-bond donors (Lipinski definition) is 1. The lowest BCUT2D eigenvalue weighted by molar-refractivity contribution is -0.156. The van der Waals surface area contributed by atoms with Crippen LogP contribution in [0.25, 0.3) is 0 Å². The predicted octanol–water partition coefficient (Wildman–Crippen LogP) is 4.15. The average Bonchev–Trinajstić information content (AvgIpc) is 2.55. The Morgan fingerprint density at radius 1 is 0.833 bits per heavy atom. The van der Waals surface area contributed by atoms with Crippen LogP contribution in [0.3, 0.4) is 0 Å². The fourth-order valence-corrected chi connectivity index (χ4v) is 2.61. The predicted molar refractivity (Wildman–Crippen MR) is 94.7 cm³/mol. The van der Waals surface area contributed by atoms with Crippen LogP contribution in [0.2, 0.25) is 0 Å². The van der Waals surface area contributed by atoms with Gasteiger partial charge in [0, 0.05) is 0 Å². The van der Waals surface area contributed by atoms with E-state index in [1.807, 2.05) is 0 Å². The number of aliphatic hydroxyl groups is 1. The monoisotopic (exact) mass is 344 g/mol. The van der Waals surface area contributed by atoms with Crippen LogP contribution in [0.15, 0.2) is 0 Å². The lowest BCUT2D eigenvalue weighted by Crippen LogP contribution is -2.25. The average molecular weight is 344 g/mol. The number of hydrogen-bond acceptors (Lipinski definition) is 5. The maximum Gasteiger partial charge on any atom is 0.309 e. The van der Waals surface area contributed by atoms with Crippen molar-refractivity contribution < 1.29 is 24.2 Å². The van der Waals surface area contributed by atoms with Crippen LogP contribution in [0.5, 0.6) is 0 Å². The Bertz CT molecular complexity index is 330. The zero-order chi connectivity index (χ0) is 18.2. The van der Waals surface area contributed by atoms with E-state index in [4.69, 9.17) is 4.74 Å². The summed E-state index contributed by atoms with van der Waals surface area (Å²) in [5, 5.41) is 9.91. The van der Waals surface area contributed by atoms with Gasteiger partial charge in [0.05, 0.1) is 26.1 Å². The Morgan fingerprint density at radius 2 is 1.42 bits per heavy atom. The highest BCUT2D eigenvalue weighted by atomic mass is 16.6. The van der Waals surface area contributed by atoms with Crippen LogP contribution in [0, 0.1) is 0 Å². The van der Waals surface area contributed by atoms with Gasteiger partial charge in [-0.3, -0.25) is 9.59 Å². The van der Waals surface area contributed by atoms with Gasteiger partial charge in [0.15, 0.2) is 0 Å². The molecule has 0 unspecified atom stereocenters. The molecule has 1 N–H and O–H groups in total. The van der Waals surface area contributed by atoms with E-state index < -0.39 is 18.2 Å². The van der Waals surface area contributed by atoms with Gasteiger partial charge >= 0.3 is 11.9 Å². The summed E-state index contributed by atoms with van der Waals surface area (Å²) in [4.78, 5) is 23.4. The molecular weight excluding hydrogens is 308 g/mol. The van der Waals surface area contributed by atoms with E-state index in [2.05, 4.69) is 18.6 Å². The van der Waals surface area contributed by atoms with Crippen LogP contribution in [-0.2, 0) is 19.1 Å². The van der Waals surface area contributed by atoms with Crippen molar-refractivity contribution in [1.82, 2.24) is 0 Å². The number of carbonyl (C=O) groups is 2. The first-order valence-electron chi connectivity index (χ1n) is 9.47. The van der Waals surface area contributed by atoms with Crippen LogP contribution in [-0.4, -0.2) is 36.4 Å². The largest absolute Gasteiger partial charge is 0.469 e. The van der Waals surface area contributed by atoms with Gasteiger partial charge in [-0.05, 0) is 19.3 Å². The van der Waals surface area contributed by atoms with E-state index >= 15 is 0 Å². The molecule has 0 amide bonds. The number of unbranched alkanes of at least 4 members (excludes halogenated alkanes) is 6. The second-order valence-electron chi connectivity index (χ2n) is 6.45. The van der Waals surface area contributed by atoms with Gasteiger partial charge in [-0.15, -0.1) is 0 Å². The normalized spacial score (nSPS) is 13.3. The molecule has 0 aromatic heterocycles. The number of esters is 2. The van der Waals surface area contributed by atoms with Crippen molar-refractivity contribution in [3.8, 4) is 0 Å². The topological polar surface area (TPSA) is 72.8 Å². The third-order valence-electron chi connectivity index (χ3n) is 4.09. The Morgan fingerprint density at radius 3 is 1.96 bits per heavy atom. The maximum atomic E-state index is 12.0. The quantitative estimate of drug-likeness (QED) is 0.357. The second-order valence-corrected chi connectivity index (χ2v) is 6.45. The first-order chi connectivity index (χ1) is 11.5. The van der Waals surface area contributed by atoms with Crippen molar-refractivity contribution >= 4 is 11.9 Å². The van der Waals surface area contributed by atoms with Crippen molar-refractivity contribution in [2.24, 2.45) is 0 Å². The van der Waals surface area contributed by atoms with Crippen LogP contribution >= 0.6 is 0 Å². The van der Waals surface area contributed by atoms with Gasteiger partial charge in [0.1, 0.15) is 6.10 Å². The van der Waals surface area contributed by atoms with Gasteiger partial charge in [0.2, 0.25) is 0 Å². The summed E-state index contributed by atoms with van der Waals surface area (Å²) in [6.07, 6.45) is 8.79. The Balaban J connectivity index is 4.17. The van der Waals surface area contributed by atoms with E-state index in [0.29, 0.717) is 12.8 Å². The van der Waals surface area contributed by atoms with Gasteiger partial charge < -0.3 is 14.6 Å². The van der Waals surface area contributed by atoms with Gasteiger partial charge in [-0.2, -0.15) is 0 Å². The molecule has 0 aliphatic rings. The summed E-state index contributed by atoms with van der Waals surface area (Å²) in [5.41, 5.74) is 0. The summed E-state index contributed by atoms with van der Waals surface area (Å²) < 4.78 is 10.1. The lowest BCUT2D eigenvalue weighted by atomic mass is 10.1. The zero-order valence-electron chi connectivity index (χ0n) is 15.7. The number of carbonyl (C=O) groups excluding carboxylic acids is 2. The minimum absolute atomic E-state index is 0.00123. The highest BCUT2D eigenvalue weighted by Gasteiger charge is 2.20. The summed E-state index contributed by atoms with van der Waals surface area (Å²) in [5.74, 6) is -0.800. The first-order valence-corrected chi connectivity index (χ1v) is 9.47. The number of methoxy groups -OCH3 is 1. The van der Waals surface area contributed by atoms with Gasteiger partial charge in [0.25, 0.3) is 0 Å². The minimum Gasteiger partial charge on any atom is -0.469 e. The molecule has 0 aliphatic carbocycles. The number of rotatable bonds is 15. The molecular formula is C19H36O5. The molecule has 0 saturated carbocycles. The van der Waals surface area contributed by atoms with Gasteiger partial charge in [-0.25, -0.2) is 0 Å². The molecule has 0 spiro atoms. The fourth-order valence-electron chi connectivity index (χ4n) is 2.61. The molecule has 5 heteroatoms. The zero-order valence-corrected chi connectivity index (χ0v) is 15.7. The molecule has 0 rings (SSSR count). The third-order valence-corrected chi connectivity index (χ3v) is 4.09. The third kappa shape index (κ3) is 13.3. The molecule has 0 heterocycles. The number of aliphatic hydroxyl groups excluding tert-OH is 1. The molecule has 0 aromatic carbocycles. The molecule has 0 aliphatic heterocycles. The number of ether oxygens (including phenoxy) is 2. The molecule has 0 bridgehead atoms.